The highest BCUT2D eigenvalue weighted by Crippen LogP contribution is 2.31. The molecule has 3 aliphatic rings. The fourth-order valence-corrected chi connectivity index (χ4v) is 5.04. The number of likely N-dealkylation sites (tertiary alicyclic amines) is 1. The lowest BCUT2D eigenvalue weighted by Crippen LogP contribution is -2.42. The molecule has 1 aliphatic heterocycles. The number of hydrogen-bond acceptors (Lipinski definition) is 4. The summed E-state index contributed by atoms with van der Waals surface area (Å²) < 4.78 is 4.75. The lowest BCUT2D eigenvalue weighted by atomic mass is 9.80. The Kier molecular flexibility index (Phi) is 20.4. The molecule has 0 aromatic carbocycles. The van der Waals surface area contributed by atoms with Crippen LogP contribution in [0.15, 0.2) is 0 Å². The van der Waals surface area contributed by atoms with Gasteiger partial charge in [0.2, 0.25) is 0 Å². The normalized spacial score (nSPS) is 25.1. The first kappa shape index (κ1) is 33.5. The summed E-state index contributed by atoms with van der Waals surface area (Å²) in [5.41, 5.74) is 0. The van der Waals surface area contributed by atoms with E-state index in [1.54, 1.807) is 7.11 Å². The lowest BCUT2D eigenvalue weighted by Gasteiger charge is -2.39. The van der Waals surface area contributed by atoms with Gasteiger partial charge in [-0.1, -0.05) is 66.2 Å². The van der Waals surface area contributed by atoms with Crippen molar-refractivity contribution in [2.45, 2.75) is 138 Å². The summed E-state index contributed by atoms with van der Waals surface area (Å²) in [6.07, 6.45) is 18.0. The van der Waals surface area contributed by atoms with Gasteiger partial charge in [-0.05, 0) is 96.1 Å². The maximum atomic E-state index is 9.56. The Hall–Kier alpha value is -0.450. The Balaban J connectivity index is 0.000000476. The average Bonchev–Trinajstić information content (AvgIpc) is 2.86. The Labute approximate surface area is 213 Å². The first-order valence-electron chi connectivity index (χ1n) is 14.5. The zero-order valence-electron chi connectivity index (χ0n) is 24.3. The number of nitrogens with zero attached hydrogens (tertiary/aromatic N) is 1. The van der Waals surface area contributed by atoms with Crippen LogP contribution in [0.5, 0.6) is 0 Å². The van der Waals surface area contributed by atoms with E-state index in [-0.39, 0.29) is 12.4 Å². The van der Waals surface area contributed by atoms with Crippen molar-refractivity contribution < 1.29 is 14.6 Å². The number of ether oxygens (including phenoxy) is 1. The molecule has 1 N–H and O–H groups in total. The first-order chi connectivity index (χ1) is 16.1. The molecule has 1 heterocycles. The second-order valence-corrected chi connectivity index (χ2v) is 11.6. The molecule has 1 atom stereocenters. The molecule has 0 aromatic rings. The van der Waals surface area contributed by atoms with Gasteiger partial charge in [0.25, 0.3) is 0 Å². The van der Waals surface area contributed by atoms with E-state index in [0.717, 1.165) is 29.7 Å². The van der Waals surface area contributed by atoms with Gasteiger partial charge in [0.05, 0.1) is 6.10 Å². The Morgan fingerprint density at radius 2 is 1.32 bits per heavy atom. The maximum absolute atomic E-state index is 9.56. The van der Waals surface area contributed by atoms with Crippen molar-refractivity contribution >= 4 is 5.78 Å². The van der Waals surface area contributed by atoms with Crippen LogP contribution in [0.1, 0.15) is 126 Å². The van der Waals surface area contributed by atoms with Crippen molar-refractivity contribution in [3.63, 3.8) is 0 Å². The highest BCUT2D eigenvalue weighted by atomic mass is 16.5. The summed E-state index contributed by atoms with van der Waals surface area (Å²) in [5, 5.41) is 7.79. The molecule has 0 bridgehead atoms. The van der Waals surface area contributed by atoms with Crippen molar-refractivity contribution in [1.82, 2.24) is 4.90 Å². The fourth-order valence-electron chi connectivity index (χ4n) is 5.04. The molecular formula is C30H61NO3. The molecule has 1 saturated heterocycles. The van der Waals surface area contributed by atoms with Gasteiger partial charge >= 0.3 is 0 Å². The summed E-state index contributed by atoms with van der Waals surface area (Å²) in [5.74, 6) is 3.84. The van der Waals surface area contributed by atoms with Crippen LogP contribution >= 0.6 is 0 Å². The molecule has 34 heavy (non-hydrogen) atoms. The van der Waals surface area contributed by atoms with Crippen molar-refractivity contribution in [3.05, 3.63) is 0 Å². The molecule has 204 valence electrons. The van der Waals surface area contributed by atoms with Crippen molar-refractivity contribution in [2.75, 3.05) is 26.8 Å². The van der Waals surface area contributed by atoms with Crippen molar-refractivity contribution in [2.24, 2.45) is 23.7 Å². The van der Waals surface area contributed by atoms with Gasteiger partial charge in [-0.2, -0.15) is 0 Å². The number of carbonyl (C=O) groups is 1. The summed E-state index contributed by atoms with van der Waals surface area (Å²) >= 11 is 0. The Morgan fingerprint density at radius 3 is 1.71 bits per heavy atom. The quantitative estimate of drug-likeness (QED) is 0.439. The van der Waals surface area contributed by atoms with E-state index >= 15 is 0 Å². The van der Waals surface area contributed by atoms with Gasteiger partial charge in [-0.3, -0.25) is 4.79 Å². The number of rotatable bonds is 5. The SMILES string of the molecule is CC(=O)CO.CC1CCC(N2CCC(C)CC2)CC1.CCC(C)C1CCCCC1.COC(C)C. The predicted octanol–water partition coefficient (Wildman–Crippen LogP) is 7.52. The van der Waals surface area contributed by atoms with Crippen LogP contribution in [-0.4, -0.2) is 54.7 Å². The van der Waals surface area contributed by atoms with E-state index in [4.69, 9.17) is 9.84 Å². The third-order valence-electron chi connectivity index (χ3n) is 8.11. The van der Waals surface area contributed by atoms with Crippen LogP contribution in [-0.2, 0) is 9.53 Å². The van der Waals surface area contributed by atoms with Crippen LogP contribution in [0.4, 0.5) is 0 Å². The fraction of sp³-hybridized carbons (Fsp3) is 0.967. The molecule has 4 heteroatoms. The minimum absolute atomic E-state index is 0.190. The van der Waals surface area contributed by atoms with Crippen molar-refractivity contribution in [3.8, 4) is 0 Å². The molecule has 3 rings (SSSR count). The second kappa shape index (κ2) is 20.7. The van der Waals surface area contributed by atoms with E-state index in [0.29, 0.717) is 6.10 Å². The van der Waals surface area contributed by atoms with Crippen LogP contribution < -0.4 is 0 Å². The number of Topliss-reactive ketones (excluding diaryl/α,β-unsaturated/α-hetero) is 1. The zero-order valence-corrected chi connectivity index (χ0v) is 24.3. The van der Waals surface area contributed by atoms with E-state index in [1.807, 2.05) is 13.8 Å². The van der Waals surface area contributed by atoms with Gasteiger partial charge in [0, 0.05) is 13.2 Å². The first-order valence-corrected chi connectivity index (χ1v) is 14.5. The molecule has 0 aromatic heterocycles. The lowest BCUT2D eigenvalue weighted by molar-refractivity contribution is -0.119. The number of aliphatic hydroxyl groups excluding tert-OH is 1. The number of methoxy groups -OCH3 is 1. The van der Waals surface area contributed by atoms with Crippen LogP contribution in [0, 0.1) is 23.7 Å². The Morgan fingerprint density at radius 1 is 0.882 bits per heavy atom. The molecule has 1 unspecified atom stereocenters. The topological polar surface area (TPSA) is 49.8 Å². The summed E-state index contributed by atoms with van der Waals surface area (Å²) in [7, 11) is 1.70. The van der Waals surface area contributed by atoms with Crippen LogP contribution in [0.2, 0.25) is 0 Å². The average molecular weight is 484 g/mol. The highest BCUT2D eigenvalue weighted by Gasteiger charge is 2.26. The Bertz CT molecular complexity index is 440. The van der Waals surface area contributed by atoms with E-state index in [1.165, 1.54) is 97.1 Å². The molecule has 2 aliphatic carbocycles. The molecular weight excluding hydrogens is 422 g/mol. The third-order valence-corrected chi connectivity index (χ3v) is 8.11. The largest absolute Gasteiger partial charge is 0.389 e. The van der Waals surface area contributed by atoms with E-state index in [9.17, 15) is 4.79 Å². The molecule has 3 fully saturated rings. The second-order valence-electron chi connectivity index (χ2n) is 11.6. The molecule has 0 amide bonds. The number of piperidine rings is 1. The number of ketones is 1. The van der Waals surface area contributed by atoms with Gasteiger partial charge in [-0.25, -0.2) is 0 Å². The summed E-state index contributed by atoms with van der Waals surface area (Å²) in [6.45, 7) is 17.3. The predicted molar refractivity (Wildman–Crippen MR) is 147 cm³/mol. The van der Waals surface area contributed by atoms with Crippen molar-refractivity contribution in [1.29, 1.82) is 0 Å². The number of aliphatic hydroxyl groups is 1. The standard InChI is InChI=1S/C13H25N.C10H20.C4H10O.C3H6O2/c1-11-3-5-13(6-4-11)14-9-7-12(2)8-10-14;1-3-9(2)10-7-5-4-6-8-10;1-4(2)5-3;1-3(5)2-4/h11-13H,3-10H2,1-2H3;9-10H,3-8H2,1-2H3;4H,1-3H3;4H,2H2,1H3. The maximum Gasteiger partial charge on any atom is 0.155 e. The van der Waals surface area contributed by atoms with Crippen LogP contribution in [0.3, 0.4) is 0 Å². The minimum atomic E-state index is -0.333. The van der Waals surface area contributed by atoms with Gasteiger partial charge in [0.1, 0.15) is 6.61 Å². The molecule has 2 saturated carbocycles. The summed E-state index contributed by atoms with van der Waals surface area (Å²) in [4.78, 5) is 12.3. The highest BCUT2D eigenvalue weighted by molar-refractivity contribution is 5.76. The van der Waals surface area contributed by atoms with Gasteiger partial charge < -0.3 is 14.7 Å². The number of hydrogen-bond donors (Lipinski definition) is 1. The molecule has 0 radical (unpaired) electrons. The van der Waals surface area contributed by atoms with Gasteiger partial charge in [-0.15, -0.1) is 0 Å². The monoisotopic (exact) mass is 483 g/mol. The number of carbonyl (C=O) groups excluding carboxylic acids is 1. The van der Waals surface area contributed by atoms with Gasteiger partial charge in [0.15, 0.2) is 5.78 Å². The minimum Gasteiger partial charge on any atom is -0.389 e. The smallest absolute Gasteiger partial charge is 0.155 e. The summed E-state index contributed by atoms with van der Waals surface area (Å²) in [6, 6.07) is 0.943. The molecule has 4 nitrogen and oxygen atoms in total. The van der Waals surface area contributed by atoms with E-state index in [2.05, 4.69) is 32.6 Å². The molecule has 0 spiro atoms. The van der Waals surface area contributed by atoms with E-state index < -0.39 is 0 Å². The zero-order chi connectivity index (χ0) is 25.9. The van der Waals surface area contributed by atoms with Crippen LogP contribution in [0.25, 0.3) is 0 Å². The third kappa shape index (κ3) is 17.1.